The molecule has 5 rings (SSSR count). The number of hydrogen-bond acceptors (Lipinski definition) is 4. The van der Waals surface area contributed by atoms with Crippen molar-refractivity contribution in [1.29, 1.82) is 0 Å². The van der Waals surface area contributed by atoms with Gasteiger partial charge in [0.25, 0.3) is 0 Å². The number of aromatic amines is 1. The topological polar surface area (TPSA) is 79.0 Å². The summed E-state index contributed by atoms with van der Waals surface area (Å²) in [6, 6.07) is 25.5. The molecule has 0 radical (unpaired) electrons. The molecule has 0 spiro atoms. The number of nitrogens with one attached hydrogen (secondary N) is 3. The molecule has 0 aliphatic rings. The number of hydrogen-bond donors (Lipinski definition) is 3. The first kappa shape index (κ1) is 19.6. The molecule has 3 aromatic carbocycles. The summed E-state index contributed by atoms with van der Waals surface area (Å²) in [5.74, 6) is 2.09. The molecule has 2 aromatic heterocycles. The molecule has 2 heterocycles. The van der Waals surface area contributed by atoms with Crippen molar-refractivity contribution in [2.45, 2.75) is 13.5 Å². The van der Waals surface area contributed by atoms with Crippen LogP contribution in [0.4, 0.5) is 11.5 Å². The molecule has 32 heavy (non-hydrogen) atoms. The van der Waals surface area contributed by atoms with Gasteiger partial charge in [-0.25, -0.2) is 4.98 Å². The molecule has 0 atom stereocenters. The summed E-state index contributed by atoms with van der Waals surface area (Å²) < 4.78 is 5.99. The van der Waals surface area contributed by atoms with E-state index in [0.29, 0.717) is 18.0 Å². The van der Waals surface area contributed by atoms with Crippen LogP contribution in [0.1, 0.15) is 12.5 Å². The summed E-state index contributed by atoms with van der Waals surface area (Å²) in [5, 5.41) is 8.50. The van der Waals surface area contributed by atoms with Crippen molar-refractivity contribution in [2.24, 2.45) is 0 Å². The number of carbonyl (C=O) groups excluding carboxylic acids is 1. The predicted molar refractivity (Wildman–Crippen MR) is 128 cm³/mol. The number of benzene rings is 3. The van der Waals surface area contributed by atoms with Crippen LogP contribution in [0.5, 0.6) is 11.5 Å². The van der Waals surface area contributed by atoms with Crippen LogP contribution < -0.4 is 15.4 Å². The van der Waals surface area contributed by atoms with Crippen molar-refractivity contribution in [3.63, 3.8) is 0 Å². The van der Waals surface area contributed by atoms with Gasteiger partial charge in [-0.2, -0.15) is 0 Å². The monoisotopic (exact) mass is 422 g/mol. The van der Waals surface area contributed by atoms with Crippen LogP contribution >= 0.6 is 0 Å². The Morgan fingerprint density at radius 3 is 2.59 bits per heavy atom. The molecular formula is C26H22N4O2. The van der Waals surface area contributed by atoms with Crippen LogP contribution in [0.15, 0.2) is 85.1 Å². The van der Waals surface area contributed by atoms with Gasteiger partial charge in [-0.3, -0.25) is 4.79 Å². The van der Waals surface area contributed by atoms with Gasteiger partial charge in [0.1, 0.15) is 17.3 Å². The van der Waals surface area contributed by atoms with Crippen molar-refractivity contribution < 1.29 is 9.53 Å². The van der Waals surface area contributed by atoms with Gasteiger partial charge >= 0.3 is 0 Å². The fourth-order valence-electron chi connectivity index (χ4n) is 3.73. The zero-order valence-corrected chi connectivity index (χ0v) is 17.6. The Labute approximate surface area is 185 Å². The lowest BCUT2D eigenvalue weighted by Crippen LogP contribution is -2.05. The second kappa shape index (κ2) is 8.43. The van der Waals surface area contributed by atoms with E-state index in [1.165, 1.54) is 12.3 Å². The fourth-order valence-corrected chi connectivity index (χ4v) is 3.73. The summed E-state index contributed by atoms with van der Waals surface area (Å²) in [6.07, 6.45) is 1.86. The number of pyridine rings is 1. The number of carbonyl (C=O) groups is 1. The van der Waals surface area contributed by atoms with E-state index in [4.69, 9.17) is 4.74 Å². The number of H-pyrrole nitrogens is 1. The normalized spacial score (nSPS) is 10.9. The van der Waals surface area contributed by atoms with Gasteiger partial charge in [-0.15, -0.1) is 0 Å². The summed E-state index contributed by atoms with van der Waals surface area (Å²) >= 11 is 0. The molecule has 158 valence electrons. The van der Waals surface area contributed by atoms with Gasteiger partial charge in [0.15, 0.2) is 0 Å². The lowest BCUT2D eigenvalue weighted by molar-refractivity contribution is -0.114. The molecule has 0 aliphatic carbocycles. The quantitative estimate of drug-likeness (QED) is 0.310. The van der Waals surface area contributed by atoms with Gasteiger partial charge in [-0.1, -0.05) is 36.4 Å². The third kappa shape index (κ3) is 4.25. The maximum Gasteiger partial charge on any atom is 0.221 e. The predicted octanol–water partition coefficient (Wildman–Crippen LogP) is 6.08. The summed E-state index contributed by atoms with van der Waals surface area (Å²) in [5.41, 5.74) is 3.90. The van der Waals surface area contributed by atoms with E-state index in [9.17, 15) is 4.79 Å². The average molecular weight is 422 g/mol. The van der Waals surface area contributed by atoms with Crippen LogP contribution in [0.25, 0.3) is 21.8 Å². The summed E-state index contributed by atoms with van der Waals surface area (Å²) in [6.45, 7) is 2.10. The van der Waals surface area contributed by atoms with Crippen molar-refractivity contribution in [2.75, 3.05) is 10.6 Å². The van der Waals surface area contributed by atoms with Gasteiger partial charge < -0.3 is 20.4 Å². The Morgan fingerprint density at radius 2 is 1.72 bits per heavy atom. The van der Waals surface area contributed by atoms with Crippen molar-refractivity contribution in [3.05, 3.63) is 90.6 Å². The van der Waals surface area contributed by atoms with E-state index in [0.717, 1.165) is 33.6 Å². The highest BCUT2D eigenvalue weighted by Gasteiger charge is 2.06. The molecular weight excluding hydrogens is 400 g/mol. The second-order valence-electron chi connectivity index (χ2n) is 7.60. The first-order chi connectivity index (χ1) is 15.6. The van der Waals surface area contributed by atoms with Crippen LogP contribution in [0.2, 0.25) is 0 Å². The lowest BCUT2D eigenvalue weighted by atomic mass is 10.2. The largest absolute Gasteiger partial charge is 0.457 e. The number of amides is 1. The van der Waals surface area contributed by atoms with E-state index in [-0.39, 0.29) is 5.91 Å². The highest BCUT2D eigenvalue weighted by atomic mass is 16.5. The minimum absolute atomic E-state index is 0.116. The Kier molecular flexibility index (Phi) is 5.17. The van der Waals surface area contributed by atoms with Crippen LogP contribution in [0.3, 0.4) is 0 Å². The maximum absolute atomic E-state index is 11.3. The molecule has 1 amide bonds. The van der Waals surface area contributed by atoms with Crippen LogP contribution in [0, 0.1) is 0 Å². The Balaban J connectivity index is 1.30. The van der Waals surface area contributed by atoms with E-state index >= 15 is 0 Å². The second-order valence-corrected chi connectivity index (χ2v) is 7.60. The number of fused-ring (bicyclic) bond motifs is 3. The van der Waals surface area contributed by atoms with Crippen molar-refractivity contribution >= 4 is 39.2 Å². The third-order valence-electron chi connectivity index (χ3n) is 5.15. The van der Waals surface area contributed by atoms with E-state index in [1.807, 2.05) is 60.8 Å². The van der Waals surface area contributed by atoms with Crippen LogP contribution in [-0.4, -0.2) is 15.9 Å². The SMILES string of the molecule is CC(=O)Nc1cccc(Oc2cccc(CNc3cc4c(cn3)[nH]c3ccccc34)c2)c1. The standard InChI is InChI=1S/C26H22N4O2/c1-17(31)29-19-7-5-9-21(13-19)32-20-8-4-6-18(12-20)15-27-26-14-23-22-10-2-3-11-24(22)30-25(23)16-28-26/h2-14,16,30H,15H2,1H3,(H,27,28)(H,29,31). The average Bonchev–Trinajstić information content (AvgIpc) is 3.16. The molecule has 0 bridgehead atoms. The molecule has 0 fully saturated rings. The van der Waals surface area contributed by atoms with E-state index in [1.54, 1.807) is 6.07 Å². The maximum atomic E-state index is 11.3. The lowest BCUT2D eigenvalue weighted by Gasteiger charge is -2.10. The molecule has 0 aliphatic heterocycles. The number of aromatic nitrogens is 2. The number of ether oxygens (including phenoxy) is 1. The molecule has 0 saturated heterocycles. The number of nitrogens with zero attached hydrogens (tertiary/aromatic N) is 1. The first-order valence-electron chi connectivity index (χ1n) is 10.4. The van der Waals surface area contributed by atoms with Crippen LogP contribution in [-0.2, 0) is 11.3 Å². The number of para-hydroxylation sites is 1. The molecule has 6 nitrogen and oxygen atoms in total. The van der Waals surface area contributed by atoms with Crippen molar-refractivity contribution in [1.82, 2.24) is 9.97 Å². The Hall–Kier alpha value is -4.32. The molecule has 5 aromatic rings. The molecule has 6 heteroatoms. The summed E-state index contributed by atoms with van der Waals surface area (Å²) in [7, 11) is 0. The molecule has 0 saturated carbocycles. The van der Waals surface area contributed by atoms with Gasteiger partial charge in [0.2, 0.25) is 5.91 Å². The van der Waals surface area contributed by atoms with E-state index in [2.05, 4.69) is 38.8 Å². The third-order valence-corrected chi connectivity index (χ3v) is 5.15. The molecule has 0 unspecified atom stereocenters. The number of anilines is 2. The minimum atomic E-state index is -0.116. The minimum Gasteiger partial charge on any atom is -0.457 e. The Bertz CT molecular complexity index is 1420. The van der Waals surface area contributed by atoms with Gasteiger partial charge in [0.05, 0.1) is 11.7 Å². The zero-order valence-electron chi connectivity index (χ0n) is 17.6. The zero-order chi connectivity index (χ0) is 21.9. The molecule has 3 N–H and O–H groups in total. The smallest absolute Gasteiger partial charge is 0.221 e. The van der Waals surface area contributed by atoms with Gasteiger partial charge in [0, 0.05) is 41.5 Å². The highest BCUT2D eigenvalue weighted by Crippen LogP contribution is 2.27. The fraction of sp³-hybridized carbons (Fsp3) is 0.0769. The number of rotatable bonds is 6. The Morgan fingerprint density at radius 1 is 0.906 bits per heavy atom. The van der Waals surface area contributed by atoms with E-state index < -0.39 is 0 Å². The highest BCUT2D eigenvalue weighted by molar-refractivity contribution is 6.07. The first-order valence-corrected chi connectivity index (χ1v) is 10.4. The van der Waals surface area contributed by atoms with Gasteiger partial charge in [-0.05, 0) is 42.0 Å². The van der Waals surface area contributed by atoms with Crippen molar-refractivity contribution in [3.8, 4) is 11.5 Å². The summed E-state index contributed by atoms with van der Waals surface area (Å²) in [4.78, 5) is 19.2.